The monoisotopic (exact) mass is 614 g/mol. The maximum absolute atomic E-state index is 11.5. The Morgan fingerprint density at radius 2 is 1.67 bits per heavy atom. The number of alkyl halides is 2. The fourth-order valence-electron chi connectivity index (χ4n) is 3.87. The summed E-state index contributed by atoms with van der Waals surface area (Å²) in [6.07, 6.45) is 19.9. The van der Waals surface area contributed by atoms with Crippen LogP contribution in [0.4, 0.5) is 0 Å². The summed E-state index contributed by atoms with van der Waals surface area (Å²) >= 11 is -1.69. The van der Waals surface area contributed by atoms with Crippen molar-refractivity contribution < 1.29 is 24.9 Å². The summed E-state index contributed by atoms with van der Waals surface area (Å²) in [5.74, 6) is -2.24. The van der Waals surface area contributed by atoms with Crippen molar-refractivity contribution in [2.75, 3.05) is 4.43 Å². The van der Waals surface area contributed by atoms with Crippen molar-refractivity contribution >= 4 is 32.0 Å². The van der Waals surface area contributed by atoms with Crippen LogP contribution in [0.3, 0.4) is 0 Å². The third kappa shape index (κ3) is 13.2. The topological polar surface area (TPSA) is 147 Å². The van der Waals surface area contributed by atoms with Crippen molar-refractivity contribution in [1.29, 1.82) is 0 Å². The molecule has 1 aromatic rings. The van der Waals surface area contributed by atoms with Crippen LogP contribution in [0.5, 0.6) is 5.75 Å². The van der Waals surface area contributed by atoms with Crippen LogP contribution < -0.4 is 9.68 Å². The van der Waals surface area contributed by atoms with Crippen LogP contribution in [-0.4, -0.2) is 41.7 Å². The van der Waals surface area contributed by atoms with Crippen LogP contribution in [0.1, 0.15) is 80.1 Å². The number of carboxylic acid groups (broad SMARTS) is 2. The molecule has 2 unspecified atom stereocenters. The summed E-state index contributed by atoms with van der Waals surface area (Å²) in [7, 11) is 0. The Morgan fingerprint density at radius 3 is 2.36 bits per heavy atom. The molecule has 0 aromatic heterocycles. The molecular formula is C28H43IN2O5. The number of unbranched alkanes of at least 4 members (excludes halogenated alkanes) is 3. The van der Waals surface area contributed by atoms with Crippen molar-refractivity contribution in [2.24, 2.45) is 9.68 Å². The van der Waals surface area contributed by atoms with Gasteiger partial charge in [-0.1, -0.05) is 0 Å². The van der Waals surface area contributed by atoms with Gasteiger partial charge in [-0.3, -0.25) is 0 Å². The average Bonchev–Trinajstić information content (AvgIpc) is 2.83. The number of aryl methyl sites for hydroxylation is 1. The molecule has 0 spiro atoms. The maximum atomic E-state index is 11.5. The number of aromatic hydroxyl groups is 1. The molecule has 2 atom stereocenters. The number of aliphatic carboxylic acids is 1. The molecule has 8 heteroatoms. The number of halogens is 1. The number of carboxylic acids is 2. The predicted octanol–water partition coefficient (Wildman–Crippen LogP) is 5.99. The number of benzene rings is 1. The van der Waals surface area contributed by atoms with Gasteiger partial charge in [-0.25, -0.2) is 0 Å². The molecule has 0 heterocycles. The summed E-state index contributed by atoms with van der Waals surface area (Å²) in [5, 5.41) is 28.2. The molecule has 0 saturated carbocycles. The molecule has 1 aromatic carbocycles. The molecule has 0 radical (unpaired) electrons. The van der Waals surface area contributed by atoms with E-state index in [0.29, 0.717) is 22.3 Å². The number of carbonyl (C=O) groups is 2. The zero-order chi connectivity index (χ0) is 26.8. The normalized spacial score (nSPS) is 13.7. The zero-order valence-electron chi connectivity index (χ0n) is 21.2. The van der Waals surface area contributed by atoms with Crippen LogP contribution >= 0.6 is 20.1 Å². The SMILES string of the molecule is C=CC/C=C\C/C=C\CC(CCCCCc1cccc(O)c1C(=O)O)I(N)CCCCC(N)C(=O)O. The Labute approximate surface area is 223 Å². The molecule has 0 aliphatic heterocycles. The van der Waals surface area contributed by atoms with E-state index < -0.39 is 38.1 Å². The Balaban J connectivity index is 2.56. The first kappa shape index (κ1) is 31.9. The molecule has 0 aliphatic carbocycles. The van der Waals surface area contributed by atoms with E-state index in [2.05, 4.69) is 30.9 Å². The first-order valence-electron chi connectivity index (χ1n) is 12.6. The van der Waals surface area contributed by atoms with Crippen molar-refractivity contribution in [3.63, 3.8) is 0 Å². The predicted molar refractivity (Wildman–Crippen MR) is 156 cm³/mol. The Hall–Kier alpha value is -2.17. The van der Waals surface area contributed by atoms with E-state index in [0.717, 1.165) is 62.2 Å². The van der Waals surface area contributed by atoms with E-state index in [1.165, 1.54) is 6.07 Å². The van der Waals surface area contributed by atoms with Gasteiger partial charge in [-0.05, 0) is 0 Å². The van der Waals surface area contributed by atoms with Crippen molar-refractivity contribution in [1.82, 2.24) is 0 Å². The van der Waals surface area contributed by atoms with Crippen LogP contribution in [0.2, 0.25) is 0 Å². The number of phenols is 1. The summed E-state index contributed by atoms with van der Waals surface area (Å²) in [4.78, 5) is 22.4. The van der Waals surface area contributed by atoms with E-state index in [9.17, 15) is 19.8 Å². The van der Waals surface area contributed by atoms with Gasteiger partial charge in [0.05, 0.1) is 0 Å². The number of hydrogen-bond acceptors (Lipinski definition) is 5. The molecule has 0 amide bonds. The summed E-state index contributed by atoms with van der Waals surface area (Å²) < 4.78 is 8.17. The third-order valence-corrected chi connectivity index (χ3v) is 11.3. The first-order chi connectivity index (χ1) is 17.3. The van der Waals surface area contributed by atoms with Crippen molar-refractivity contribution in [3.8, 4) is 5.75 Å². The molecule has 202 valence electrons. The number of nitrogens with two attached hydrogens (primary N) is 2. The van der Waals surface area contributed by atoms with Gasteiger partial charge in [0.1, 0.15) is 0 Å². The summed E-state index contributed by atoms with van der Waals surface area (Å²) in [6, 6.07) is 4.05. The number of rotatable bonds is 20. The average molecular weight is 615 g/mol. The number of aromatic carboxylic acids is 1. The minimum absolute atomic E-state index is 0.000600. The van der Waals surface area contributed by atoms with Gasteiger partial charge in [-0.2, -0.15) is 0 Å². The second-order valence-corrected chi connectivity index (χ2v) is 14.1. The molecule has 36 heavy (non-hydrogen) atoms. The van der Waals surface area contributed by atoms with Gasteiger partial charge in [0.15, 0.2) is 0 Å². The molecule has 7 N–H and O–H groups in total. The molecule has 0 aliphatic rings. The standard InChI is InChI=1S/C28H43IN2O5/c1-2-3-4-5-6-7-10-17-23(29(31)21-13-12-19-24(30)27(33)34)18-11-8-9-15-22-16-14-20-25(32)26(22)28(35)36/h2,4-5,7,10,14,16,20,23-24,32H,1,3,6,8-9,11-13,15,17-19,21,30-31H2,(H,33,34)(H,35,36)/b5-4-,10-7-. The van der Waals surface area contributed by atoms with Gasteiger partial charge in [0, 0.05) is 0 Å². The molecule has 0 bridgehead atoms. The molecular weight excluding hydrogens is 571 g/mol. The van der Waals surface area contributed by atoms with Crippen LogP contribution in [0, 0.1) is 0 Å². The Kier molecular flexibility index (Phi) is 16.8. The summed E-state index contributed by atoms with van der Waals surface area (Å²) in [5.41, 5.74) is 6.27. The van der Waals surface area contributed by atoms with E-state index in [1.54, 1.807) is 12.1 Å². The van der Waals surface area contributed by atoms with Gasteiger partial charge in [0.25, 0.3) is 0 Å². The van der Waals surface area contributed by atoms with Gasteiger partial charge in [0.2, 0.25) is 0 Å². The second kappa shape index (κ2) is 19.0. The fourth-order valence-corrected chi connectivity index (χ4v) is 8.36. The second-order valence-electron chi connectivity index (χ2n) is 8.82. The van der Waals surface area contributed by atoms with Gasteiger partial charge in [-0.15, -0.1) is 0 Å². The van der Waals surface area contributed by atoms with E-state index in [-0.39, 0.29) is 11.3 Å². The molecule has 7 nitrogen and oxygen atoms in total. The van der Waals surface area contributed by atoms with Crippen molar-refractivity contribution in [2.45, 2.75) is 80.6 Å². The molecule has 0 fully saturated rings. The molecule has 1 rings (SSSR count). The quantitative estimate of drug-likeness (QED) is 0.0398. The van der Waals surface area contributed by atoms with E-state index in [1.807, 2.05) is 6.08 Å². The van der Waals surface area contributed by atoms with E-state index >= 15 is 0 Å². The van der Waals surface area contributed by atoms with Crippen LogP contribution in [-0.2, 0) is 11.2 Å². The molecule has 0 saturated heterocycles. The Morgan fingerprint density at radius 1 is 0.972 bits per heavy atom. The first-order valence-corrected chi connectivity index (χ1v) is 16.6. The number of allylic oxidation sites excluding steroid dienone is 5. The van der Waals surface area contributed by atoms with Crippen LogP contribution in [0.25, 0.3) is 0 Å². The number of hydrogen-bond donors (Lipinski definition) is 5. The van der Waals surface area contributed by atoms with Gasteiger partial charge < -0.3 is 0 Å². The summed E-state index contributed by atoms with van der Waals surface area (Å²) in [6.45, 7) is 3.71. The third-order valence-electron chi connectivity index (χ3n) is 5.94. The fraction of sp³-hybridized carbons (Fsp3) is 0.500. The van der Waals surface area contributed by atoms with Gasteiger partial charge >= 0.3 is 224 Å². The van der Waals surface area contributed by atoms with E-state index in [4.69, 9.17) is 14.8 Å². The van der Waals surface area contributed by atoms with Crippen molar-refractivity contribution in [3.05, 3.63) is 66.3 Å². The zero-order valence-corrected chi connectivity index (χ0v) is 23.3. The minimum atomic E-state index is -1.69. The van der Waals surface area contributed by atoms with Crippen LogP contribution in [0.15, 0.2) is 55.2 Å². The Bertz CT molecular complexity index is 871.